The van der Waals surface area contributed by atoms with E-state index in [0.29, 0.717) is 5.82 Å². The Bertz CT molecular complexity index is 504. The second-order valence-corrected chi connectivity index (χ2v) is 3.46. The van der Waals surface area contributed by atoms with Gasteiger partial charge in [0.15, 0.2) is 0 Å². The first-order valence-corrected chi connectivity index (χ1v) is 4.74. The number of hydrogen-bond donors (Lipinski definition) is 1. The van der Waals surface area contributed by atoms with E-state index in [1.165, 1.54) is 0 Å². The molecule has 0 saturated heterocycles. The van der Waals surface area contributed by atoms with Crippen LogP contribution >= 0.6 is 0 Å². The number of carbonyl (C=O) groups is 1. The zero-order valence-electron chi connectivity index (χ0n) is 7.92. The van der Waals surface area contributed by atoms with Gasteiger partial charge in [0.25, 0.3) is 5.91 Å². The molecule has 1 amide bonds. The lowest BCUT2D eigenvalue weighted by molar-refractivity contribution is -0.117. The van der Waals surface area contributed by atoms with Crippen LogP contribution in [0.25, 0.3) is 0 Å². The number of fused-ring (bicyclic) bond motifs is 1. The molecule has 0 aliphatic carbocycles. The van der Waals surface area contributed by atoms with Crippen LogP contribution in [0.5, 0.6) is 0 Å². The maximum absolute atomic E-state index is 11.8. The molecule has 0 aromatic carbocycles. The Kier molecular flexibility index (Phi) is 1.62. The van der Waals surface area contributed by atoms with Gasteiger partial charge in [0.05, 0.1) is 0 Å². The monoisotopic (exact) mass is 199 g/mol. The molecule has 1 aliphatic rings. The highest BCUT2D eigenvalue weighted by atomic mass is 16.2. The van der Waals surface area contributed by atoms with Crippen molar-refractivity contribution in [3.8, 4) is 0 Å². The van der Waals surface area contributed by atoms with Gasteiger partial charge < -0.3 is 9.88 Å². The van der Waals surface area contributed by atoms with E-state index in [1.54, 1.807) is 6.20 Å². The molecule has 15 heavy (non-hydrogen) atoms. The third kappa shape index (κ3) is 1.15. The van der Waals surface area contributed by atoms with Crippen LogP contribution in [0.1, 0.15) is 11.6 Å². The van der Waals surface area contributed by atoms with Gasteiger partial charge in [-0.2, -0.15) is 0 Å². The molecule has 2 aromatic rings. The predicted octanol–water partition coefficient (Wildman–Crippen LogP) is 1.42. The normalized spacial score (nSPS) is 18.7. The summed E-state index contributed by atoms with van der Waals surface area (Å²) in [5, 5.41) is 2.76. The molecule has 0 radical (unpaired) electrons. The van der Waals surface area contributed by atoms with Crippen LogP contribution in [0.4, 0.5) is 5.82 Å². The summed E-state index contributed by atoms with van der Waals surface area (Å²) in [5.74, 6) is 0.640. The number of carbonyl (C=O) groups excluding carboxylic acids is 1. The molecule has 0 bridgehead atoms. The molecular weight excluding hydrogens is 190 g/mol. The van der Waals surface area contributed by atoms with Crippen LogP contribution in [-0.4, -0.2) is 15.5 Å². The molecular formula is C11H9N3O. The Morgan fingerprint density at radius 2 is 2.07 bits per heavy atom. The van der Waals surface area contributed by atoms with Crippen molar-refractivity contribution >= 4 is 11.7 Å². The summed E-state index contributed by atoms with van der Waals surface area (Å²) in [6.07, 6.45) is 5.44. The molecule has 1 N–H and O–H groups in total. The van der Waals surface area contributed by atoms with Gasteiger partial charge >= 0.3 is 0 Å². The second-order valence-electron chi connectivity index (χ2n) is 3.46. The Labute approximate surface area is 86.6 Å². The zero-order chi connectivity index (χ0) is 10.3. The number of hydrogen-bond acceptors (Lipinski definition) is 2. The molecule has 4 nitrogen and oxygen atoms in total. The largest absolute Gasteiger partial charge is 0.338 e. The standard InChI is InChI=1S/C11H9N3O/c15-11-9(14-6-1-2-7-14)8-4-3-5-12-10(8)13-11/h1-7,9H,(H,12,13,15). The number of aromatic nitrogens is 2. The molecule has 1 atom stereocenters. The van der Waals surface area contributed by atoms with Crippen molar-refractivity contribution in [2.24, 2.45) is 0 Å². The van der Waals surface area contributed by atoms with Gasteiger partial charge in [0.2, 0.25) is 0 Å². The third-order valence-corrected chi connectivity index (χ3v) is 2.55. The number of rotatable bonds is 1. The van der Waals surface area contributed by atoms with Crippen LogP contribution in [-0.2, 0) is 4.79 Å². The first-order chi connectivity index (χ1) is 7.36. The SMILES string of the molecule is O=C1Nc2ncccc2C1n1cccc1. The minimum absolute atomic E-state index is 0.0279. The maximum atomic E-state index is 11.8. The van der Waals surface area contributed by atoms with Crippen molar-refractivity contribution in [1.82, 2.24) is 9.55 Å². The van der Waals surface area contributed by atoms with Crippen molar-refractivity contribution in [3.63, 3.8) is 0 Å². The number of amides is 1. The highest BCUT2D eigenvalue weighted by Gasteiger charge is 2.31. The first-order valence-electron chi connectivity index (χ1n) is 4.74. The molecule has 1 unspecified atom stereocenters. The molecule has 3 rings (SSSR count). The van der Waals surface area contributed by atoms with Crippen molar-refractivity contribution in [3.05, 3.63) is 48.4 Å². The summed E-state index contributed by atoms with van der Waals surface area (Å²) >= 11 is 0. The van der Waals surface area contributed by atoms with Gasteiger partial charge in [0, 0.05) is 24.2 Å². The van der Waals surface area contributed by atoms with E-state index in [0.717, 1.165) is 5.56 Å². The lowest BCUT2D eigenvalue weighted by Gasteiger charge is -2.09. The topological polar surface area (TPSA) is 46.9 Å². The Hall–Kier alpha value is -2.10. The summed E-state index contributed by atoms with van der Waals surface area (Å²) in [7, 11) is 0. The van der Waals surface area contributed by atoms with E-state index in [4.69, 9.17) is 0 Å². The lowest BCUT2D eigenvalue weighted by atomic mass is 10.1. The second kappa shape index (κ2) is 2.95. The molecule has 0 saturated carbocycles. The van der Waals surface area contributed by atoms with E-state index in [-0.39, 0.29) is 11.9 Å². The minimum atomic E-state index is -0.274. The number of nitrogens with one attached hydrogen (secondary N) is 1. The predicted molar refractivity (Wildman–Crippen MR) is 55.4 cm³/mol. The van der Waals surface area contributed by atoms with Gasteiger partial charge in [-0.1, -0.05) is 6.07 Å². The minimum Gasteiger partial charge on any atom is -0.338 e. The summed E-state index contributed by atoms with van der Waals surface area (Å²) in [4.78, 5) is 15.9. The Morgan fingerprint density at radius 3 is 2.87 bits per heavy atom. The van der Waals surface area contributed by atoms with Crippen LogP contribution in [0, 0.1) is 0 Å². The number of nitrogens with zero attached hydrogens (tertiary/aromatic N) is 2. The smallest absolute Gasteiger partial charge is 0.253 e. The quantitative estimate of drug-likeness (QED) is 0.755. The fraction of sp³-hybridized carbons (Fsp3) is 0.0909. The van der Waals surface area contributed by atoms with Gasteiger partial charge in [-0.3, -0.25) is 4.79 Å². The zero-order valence-corrected chi connectivity index (χ0v) is 7.92. The lowest BCUT2D eigenvalue weighted by Crippen LogP contribution is -2.18. The molecule has 1 aliphatic heterocycles. The fourth-order valence-corrected chi connectivity index (χ4v) is 1.89. The molecule has 0 spiro atoms. The summed E-state index contributed by atoms with van der Waals surface area (Å²) in [6, 6.07) is 7.30. The number of pyridine rings is 1. The Morgan fingerprint density at radius 1 is 1.27 bits per heavy atom. The van der Waals surface area contributed by atoms with Crippen LogP contribution in [0.2, 0.25) is 0 Å². The average molecular weight is 199 g/mol. The van der Waals surface area contributed by atoms with E-state index in [9.17, 15) is 4.79 Å². The van der Waals surface area contributed by atoms with Crippen molar-refractivity contribution in [1.29, 1.82) is 0 Å². The summed E-state index contributed by atoms with van der Waals surface area (Å²) in [6.45, 7) is 0. The highest BCUT2D eigenvalue weighted by molar-refractivity contribution is 6.01. The van der Waals surface area contributed by atoms with E-state index < -0.39 is 0 Å². The maximum Gasteiger partial charge on any atom is 0.253 e. The number of anilines is 1. The molecule has 4 heteroatoms. The van der Waals surface area contributed by atoms with E-state index in [1.807, 2.05) is 41.2 Å². The van der Waals surface area contributed by atoms with Crippen LogP contribution in [0.3, 0.4) is 0 Å². The van der Waals surface area contributed by atoms with Gasteiger partial charge in [-0.25, -0.2) is 4.98 Å². The first kappa shape index (κ1) is 8.23. The van der Waals surface area contributed by atoms with Crippen molar-refractivity contribution < 1.29 is 4.79 Å². The molecule has 3 heterocycles. The van der Waals surface area contributed by atoms with Crippen molar-refractivity contribution in [2.45, 2.75) is 6.04 Å². The molecule has 0 fully saturated rings. The average Bonchev–Trinajstić information content (AvgIpc) is 2.82. The van der Waals surface area contributed by atoms with Crippen LogP contribution in [0.15, 0.2) is 42.9 Å². The summed E-state index contributed by atoms with van der Waals surface area (Å²) < 4.78 is 1.88. The van der Waals surface area contributed by atoms with Gasteiger partial charge in [-0.15, -0.1) is 0 Å². The van der Waals surface area contributed by atoms with Gasteiger partial charge in [-0.05, 0) is 18.2 Å². The van der Waals surface area contributed by atoms with E-state index >= 15 is 0 Å². The third-order valence-electron chi connectivity index (χ3n) is 2.55. The van der Waals surface area contributed by atoms with E-state index in [2.05, 4.69) is 10.3 Å². The summed E-state index contributed by atoms with van der Waals surface area (Å²) in [5.41, 5.74) is 0.929. The molecule has 2 aromatic heterocycles. The van der Waals surface area contributed by atoms with Gasteiger partial charge in [0.1, 0.15) is 11.9 Å². The fourth-order valence-electron chi connectivity index (χ4n) is 1.89. The molecule has 74 valence electrons. The highest BCUT2D eigenvalue weighted by Crippen LogP contribution is 2.31. The van der Waals surface area contributed by atoms with Crippen molar-refractivity contribution in [2.75, 3.05) is 5.32 Å². The Balaban J connectivity index is 2.14. The van der Waals surface area contributed by atoms with Crippen LogP contribution < -0.4 is 5.32 Å².